The van der Waals surface area contributed by atoms with Crippen LogP contribution in [0.25, 0.3) is 10.9 Å². The fraction of sp³-hybridized carbons (Fsp3) is 0.526. The molecular formula is C19H26ClF3N2O. The molecule has 3 rings (SSSR count). The molecule has 0 atom stereocenters. The summed E-state index contributed by atoms with van der Waals surface area (Å²) in [5, 5.41) is 3.85. The molecule has 146 valence electrons. The molecule has 0 saturated heterocycles. The summed E-state index contributed by atoms with van der Waals surface area (Å²) in [7, 11) is 0. The number of carbonyl (C=O) groups is 1. The van der Waals surface area contributed by atoms with E-state index in [1.54, 1.807) is 12.1 Å². The molecule has 2 N–H and O–H groups in total. The molecule has 1 aliphatic carbocycles. The van der Waals surface area contributed by atoms with Crippen LogP contribution in [0.2, 0.25) is 5.02 Å². The number of H-pyrrole nitrogens is 1. The first kappa shape index (κ1) is 22.4. The van der Waals surface area contributed by atoms with Crippen LogP contribution in [-0.4, -0.2) is 17.1 Å². The van der Waals surface area contributed by atoms with Gasteiger partial charge in [0.25, 0.3) is 0 Å². The van der Waals surface area contributed by atoms with E-state index in [0.29, 0.717) is 10.7 Å². The monoisotopic (exact) mass is 390 g/mol. The first-order valence-electron chi connectivity index (χ1n) is 8.86. The second kappa shape index (κ2) is 8.80. The van der Waals surface area contributed by atoms with Crippen LogP contribution >= 0.6 is 11.6 Å². The topological polar surface area (TPSA) is 44.9 Å². The Kier molecular flexibility index (Phi) is 7.57. The standard InChI is InChI=1S/C15H14ClF3N2O.2C2H6/c1-8-4-12-9(6-11(8)16)5-10(21-12)7-20-13(22)14(2-3-14)15(17,18)19;2*1-2/h4-6,21H,2-3,7H2,1H3,(H,20,22);2*1-2H3. The number of hydrogen-bond acceptors (Lipinski definition) is 1. The smallest absolute Gasteiger partial charge is 0.357 e. The number of rotatable bonds is 3. The zero-order chi connectivity index (χ0) is 20.1. The molecule has 1 aromatic carbocycles. The summed E-state index contributed by atoms with van der Waals surface area (Å²) >= 11 is 6.03. The first-order chi connectivity index (χ1) is 12.2. The second-order valence-electron chi connectivity index (χ2n) is 5.75. The second-order valence-corrected chi connectivity index (χ2v) is 6.15. The maximum atomic E-state index is 12.8. The fourth-order valence-corrected chi connectivity index (χ4v) is 2.70. The van der Waals surface area contributed by atoms with Crippen LogP contribution in [0, 0.1) is 12.3 Å². The molecule has 0 spiro atoms. The molecule has 1 saturated carbocycles. The molecule has 0 unspecified atom stereocenters. The van der Waals surface area contributed by atoms with E-state index in [1.807, 2.05) is 40.7 Å². The van der Waals surface area contributed by atoms with Gasteiger partial charge in [-0.3, -0.25) is 4.79 Å². The average molecular weight is 391 g/mol. The van der Waals surface area contributed by atoms with E-state index < -0.39 is 17.5 Å². The Bertz CT molecular complexity index is 710. The van der Waals surface area contributed by atoms with Gasteiger partial charge < -0.3 is 10.3 Å². The van der Waals surface area contributed by atoms with Gasteiger partial charge in [-0.25, -0.2) is 0 Å². The van der Waals surface area contributed by atoms with Gasteiger partial charge in [-0.1, -0.05) is 39.3 Å². The molecule has 7 heteroatoms. The molecule has 3 nitrogen and oxygen atoms in total. The van der Waals surface area contributed by atoms with Crippen LogP contribution in [0.1, 0.15) is 51.8 Å². The number of alkyl halides is 3. The predicted molar refractivity (Wildman–Crippen MR) is 100 cm³/mol. The minimum absolute atomic E-state index is 0.0298. The van der Waals surface area contributed by atoms with Crippen LogP contribution in [-0.2, 0) is 11.3 Å². The Morgan fingerprint density at radius 1 is 1.19 bits per heavy atom. The van der Waals surface area contributed by atoms with E-state index in [9.17, 15) is 18.0 Å². The van der Waals surface area contributed by atoms with E-state index in [1.165, 1.54) is 0 Å². The predicted octanol–water partition coefficient (Wildman–Crippen LogP) is 6.14. The summed E-state index contributed by atoms with van der Waals surface area (Å²) in [6.07, 6.45) is -4.75. The van der Waals surface area contributed by atoms with Gasteiger partial charge in [-0.2, -0.15) is 13.2 Å². The molecule has 26 heavy (non-hydrogen) atoms. The zero-order valence-corrected chi connectivity index (χ0v) is 16.5. The van der Waals surface area contributed by atoms with Crippen molar-refractivity contribution in [1.82, 2.24) is 10.3 Å². The molecular weight excluding hydrogens is 365 g/mol. The largest absolute Gasteiger partial charge is 0.403 e. The summed E-state index contributed by atoms with van der Waals surface area (Å²) in [6.45, 7) is 9.90. The van der Waals surface area contributed by atoms with E-state index in [2.05, 4.69) is 10.3 Å². The Balaban J connectivity index is 0.000000791. The van der Waals surface area contributed by atoms with Gasteiger partial charge in [0.15, 0.2) is 0 Å². The number of fused-ring (bicyclic) bond motifs is 1. The van der Waals surface area contributed by atoms with Crippen molar-refractivity contribution in [3.63, 3.8) is 0 Å². The highest BCUT2D eigenvalue weighted by atomic mass is 35.5. The maximum absolute atomic E-state index is 12.8. The van der Waals surface area contributed by atoms with Gasteiger partial charge >= 0.3 is 6.18 Å². The third kappa shape index (κ3) is 4.53. The van der Waals surface area contributed by atoms with Gasteiger partial charge in [-0.15, -0.1) is 0 Å². The number of nitrogens with one attached hydrogen (secondary N) is 2. The summed E-state index contributed by atoms with van der Waals surface area (Å²) in [5.74, 6) is -0.951. The number of carbonyl (C=O) groups excluding carboxylic acids is 1. The van der Waals surface area contributed by atoms with Crippen molar-refractivity contribution in [2.24, 2.45) is 5.41 Å². The van der Waals surface area contributed by atoms with Gasteiger partial charge in [0.05, 0.1) is 6.54 Å². The number of amides is 1. The summed E-state index contributed by atoms with van der Waals surface area (Å²) in [6, 6.07) is 5.42. The van der Waals surface area contributed by atoms with Crippen LogP contribution in [0.4, 0.5) is 13.2 Å². The Morgan fingerprint density at radius 3 is 2.27 bits per heavy atom. The molecule has 0 bridgehead atoms. The SMILES string of the molecule is CC.CC.Cc1cc2[nH]c(CNC(=O)C3(C(F)(F)F)CC3)cc2cc1Cl. The highest BCUT2D eigenvalue weighted by molar-refractivity contribution is 6.32. The fourth-order valence-electron chi connectivity index (χ4n) is 2.53. The zero-order valence-electron chi connectivity index (χ0n) is 15.8. The highest BCUT2D eigenvalue weighted by Crippen LogP contribution is 2.57. The lowest BCUT2D eigenvalue weighted by atomic mass is 10.1. The number of aromatic nitrogens is 1. The highest BCUT2D eigenvalue weighted by Gasteiger charge is 2.68. The number of aryl methyl sites for hydroxylation is 1. The van der Waals surface area contributed by atoms with E-state index in [-0.39, 0.29) is 19.4 Å². The molecule has 2 aromatic rings. The van der Waals surface area contributed by atoms with Gasteiger partial charge in [-0.05, 0) is 43.5 Å². The minimum atomic E-state index is -4.48. The molecule has 0 aliphatic heterocycles. The Hall–Kier alpha value is -1.69. The molecule has 1 fully saturated rings. The van der Waals surface area contributed by atoms with Crippen molar-refractivity contribution in [2.75, 3.05) is 0 Å². The normalized spacial score (nSPS) is 14.7. The van der Waals surface area contributed by atoms with Crippen molar-refractivity contribution < 1.29 is 18.0 Å². The summed E-state index contributed by atoms with van der Waals surface area (Å²) < 4.78 is 38.5. The number of halogens is 4. The Labute approximate surface area is 157 Å². The first-order valence-corrected chi connectivity index (χ1v) is 9.23. The van der Waals surface area contributed by atoms with Crippen molar-refractivity contribution in [3.8, 4) is 0 Å². The molecule has 1 aliphatic rings. The van der Waals surface area contributed by atoms with E-state index in [4.69, 9.17) is 11.6 Å². The average Bonchev–Trinajstić information content (AvgIpc) is 3.35. The number of benzene rings is 1. The van der Waals surface area contributed by atoms with Crippen LogP contribution in [0.15, 0.2) is 18.2 Å². The lowest BCUT2D eigenvalue weighted by molar-refractivity contribution is -0.192. The van der Waals surface area contributed by atoms with Crippen molar-refractivity contribution in [1.29, 1.82) is 0 Å². The van der Waals surface area contributed by atoms with E-state index >= 15 is 0 Å². The van der Waals surface area contributed by atoms with Crippen LogP contribution in [0.5, 0.6) is 0 Å². The summed E-state index contributed by atoms with van der Waals surface area (Å²) in [5.41, 5.74) is 0.200. The van der Waals surface area contributed by atoms with Gasteiger partial charge in [0, 0.05) is 21.6 Å². The third-order valence-electron chi connectivity index (χ3n) is 4.12. The minimum Gasteiger partial charge on any atom is -0.357 e. The lowest BCUT2D eigenvalue weighted by Gasteiger charge is -2.18. The van der Waals surface area contributed by atoms with Crippen LogP contribution in [0.3, 0.4) is 0 Å². The molecule has 1 aromatic heterocycles. The van der Waals surface area contributed by atoms with Crippen molar-refractivity contribution in [2.45, 2.75) is 60.2 Å². The maximum Gasteiger partial charge on any atom is 0.403 e. The third-order valence-corrected chi connectivity index (χ3v) is 4.53. The van der Waals surface area contributed by atoms with Crippen molar-refractivity contribution >= 4 is 28.4 Å². The number of aromatic amines is 1. The number of hydrogen-bond donors (Lipinski definition) is 2. The van der Waals surface area contributed by atoms with Crippen LogP contribution < -0.4 is 5.32 Å². The summed E-state index contributed by atoms with van der Waals surface area (Å²) in [4.78, 5) is 14.9. The molecule has 1 amide bonds. The van der Waals surface area contributed by atoms with Gasteiger partial charge in [0.2, 0.25) is 5.91 Å². The van der Waals surface area contributed by atoms with Gasteiger partial charge in [0.1, 0.15) is 5.41 Å². The van der Waals surface area contributed by atoms with Crippen molar-refractivity contribution in [3.05, 3.63) is 34.5 Å². The quantitative estimate of drug-likeness (QED) is 0.649. The lowest BCUT2D eigenvalue weighted by Crippen LogP contribution is -2.40. The van der Waals surface area contributed by atoms with E-state index in [0.717, 1.165) is 16.5 Å². The Morgan fingerprint density at radius 2 is 1.77 bits per heavy atom. The molecule has 1 heterocycles. The molecule has 0 radical (unpaired) electrons.